The minimum atomic E-state index is -3.51. The number of sulfonamides is 1. The summed E-state index contributed by atoms with van der Waals surface area (Å²) in [6, 6.07) is 12.0. The molecule has 0 radical (unpaired) electrons. The number of benzene rings is 2. The lowest BCUT2D eigenvalue weighted by Gasteiger charge is -2.34. The van der Waals surface area contributed by atoms with Crippen LogP contribution in [0, 0.1) is 0 Å². The van der Waals surface area contributed by atoms with Crippen LogP contribution in [-0.4, -0.2) is 89.0 Å². The molecule has 1 aromatic heterocycles. The Balaban J connectivity index is 1.25. The predicted octanol–water partition coefficient (Wildman–Crippen LogP) is 2.11. The lowest BCUT2D eigenvalue weighted by Crippen LogP contribution is -2.48. The van der Waals surface area contributed by atoms with Crippen molar-refractivity contribution in [3.8, 4) is 5.75 Å². The molecule has 1 fully saturated rings. The Hall–Kier alpha value is -2.73. The van der Waals surface area contributed by atoms with Gasteiger partial charge in [-0.2, -0.15) is 0 Å². The molecule has 2 heterocycles. The van der Waals surface area contributed by atoms with Gasteiger partial charge in [0.2, 0.25) is 10.0 Å². The normalized spacial score (nSPS) is 15.1. The lowest BCUT2D eigenvalue weighted by molar-refractivity contribution is 0.0947. The average Bonchev–Trinajstić information content (AvgIpc) is 3.29. The Morgan fingerprint density at radius 1 is 1.12 bits per heavy atom. The molecule has 9 nitrogen and oxygen atoms in total. The van der Waals surface area contributed by atoms with E-state index in [4.69, 9.17) is 9.72 Å². The summed E-state index contributed by atoms with van der Waals surface area (Å²) in [5, 5.41) is 3.93. The SMILES string of the molecule is COc1cccc2sc(N3CCN(CCNC(=O)c4ccc(S(=O)(=O)N(C)C)cc4)CC3)nc12. The second kappa shape index (κ2) is 10.3. The van der Waals surface area contributed by atoms with Gasteiger partial charge in [-0.15, -0.1) is 0 Å². The van der Waals surface area contributed by atoms with Gasteiger partial charge >= 0.3 is 0 Å². The maximum absolute atomic E-state index is 12.4. The van der Waals surface area contributed by atoms with Crippen LogP contribution in [0.25, 0.3) is 10.2 Å². The van der Waals surface area contributed by atoms with E-state index in [0.29, 0.717) is 12.1 Å². The first kappa shape index (κ1) is 24.4. The fourth-order valence-electron chi connectivity index (χ4n) is 3.79. The largest absolute Gasteiger partial charge is 0.494 e. The number of aromatic nitrogens is 1. The van der Waals surface area contributed by atoms with Crippen molar-refractivity contribution in [3.05, 3.63) is 48.0 Å². The molecule has 1 aliphatic heterocycles. The van der Waals surface area contributed by atoms with Crippen molar-refractivity contribution in [3.63, 3.8) is 0 Å². The van der Waals surface area contributed by atoms with E-state index >= 15 is 0 Å². The third-order valence-corrected chi connectivity index (χ3v) is 8.75. The molecule has 0 atom stereocenters. The summed E-state index contributed by atoms with van der Waals surface area (Å²) in [5.41, 5.74) is 1.34. The maximum Gasteiger partial charge on any atom is 0.251 e. The summed E-state index contributed by atoms with van der Waals surface area (Å²) in [6.45, 7) is 4.80. The zero-order chi connectivity index (χ0) is 24.3. The van der Waals surface area contributed by atoms with Crippen LogP contribution >= 0.6 is 11.3 Å². The van der Waals surface area contributed by atoms with Gasteiger partial charge in [-0.1, -0.05) is 17.4 Å². The zero-order valence-corrected chi connectivity index (χ0v) is 21.2. The molecular weight excluding hydrogens is 474 g/mol. The quantitative estimate of drug-likeness (QED) is 0.503. The van der Waals surface area contributed by atoms with E-state index in [1.54, 1.807) is 18.4 Å². The van der Waals surface area contributed by atoms with Gasteiger partial charge in [0.05, 0.1) is 16.7 Å². The van der Waals surface area contributed by atoms with Gasteiger partial charge in [0.1, 0.15) is 11.3 Å². The van der Waals surface area contributed by atoms with Crippen molar-refractivity contribution in [2.45, 2.75) is 4.90 Å². The molecule has 0 unspecified atom stereocenters. The Morgan fingerprint density at radius 3 is 2.47 bits per heavy atom. The molecule has 34 heavy (non-hydrogen) atoms. The van der Waals surface area contributed by atoms with Gasteiger partial charge in [0.15, 0.2) is 5.13 Å². The number of rotatable bonds is 8. The van der Waals surface area contributed by atoms with E-state index in [1.165, 1.54) is 38.4 Å². The molecule has 4 rings (SSSR count). The molecule has 1 aliphatic rings. The standard InChI is InChI=1S/C23H29N5O4S2/c1-26(2)34(30,31)18-9-7-17(8-10-18)22(29)24-11-12-27-13-15-28(16-14-27)23-25-21-19(32-3)5-4-6-20(21)33-23/h4-10H,11-16H2,1-3H3,(H,24,29). The van der Waals surface area contributed by atoms with Crippen LogP contribution in [0.5, 0.6) is 5.75 Å². The van der Waals surface area contributed by atoms with Crippen molar-refractivity contribution >= 4 is 42.6 Å². The third-order valence-electron chi connectivity index (χ3n) is 5.84. The van der Waals surface area contributed by atoms with Gasteiger partial charge in [0, 0.05) is 58.9 Å². The fraction of sp³-hybridized carbons (Fsp3) is 0.391. The van der Waals surface area contributed by atoms with Gasteiger partial charge in [-0.25, -0.2) is 17.7 Å². The van der Waals surface area contributed by atoms with E-state index in [1.807, 2.05) is 12.1 Å². The Morgan fingerprint density at radius 2 is 1.82 bits per heavy atom. The molecule has 0 bridgehead atoms. The molecule has 0 spiro atoms. The Bertz CT molecular complexity index is 1250. The summed E-state index contributed by atoms with van der Waals surface area (Å²) >= 11 is 1.68. The molecule has 1 amide bonds. The first-order valence-corrected chi connectivity index (χ1v) is 13.3. The monoisotopic (exact) mass is 503 g/mol. The first-order valence-electron chi connectivity index (χ1n) is 11.0. The molecular formula is C23H29N5O4S2. The first-order chi connectivity index (χ1) is 16.3. The third kappa shape index (κ3) is 5.17. The fourth-order valence-corrected chi connectivity index (χ4v) is 5.73. The number of para-hydroxylation sites is 1. The molecule has 1 saturated heterocycles. The molecule has 2 aromatic carbocycles. The highest BCUT2D eigenvalue weighted by Gasteiger charge is 2.21. The number of methoxy groups -OCH3 is 1. The topological polar surface area (TPSA) is 95.1 Å². The van der Waals surface area contributed by atoms with Crippen molar-refractivity contribution < 1.29 is 17.9 Å². The van der Waals surface area contributed by atoms with Crippen LogP contribution in [0.4, 0.5) is 5.13 Å². The Labute approximate surface area is 204 Å². The van der Waals surface area contributed by atoms with Crippen LogP contribution < -0.4 is 15.0 Å². The van der Waals surface area contributed by atoms with E-state index in [0.717, 1.165) is 58.1 Å². The minimum Gasteiger partial charge on any atom is -0.494 e. The number of hydrogen-bond acceptors (Lipinski definition) is 8. The number of amides is 1. The van der Waals surface area contributed by atoms with Crippen molar-refractivity contribution in [2.24, 2.45) is 0 Å². The highest BCUT2D eigenvalue weighted by molar-refractivity contribution is 7.89. The zero-order valence-electron chi connectivity index (χ0n) is 19.5. The molecule has 3 aromatic rings. The lowest BCUT2D eigenvalue weighted by atomic mass is 10.2. The highest BCUT2D eigenvalue weighted by Crippen LogP contribution is 2.34. The summed E-state index contributed by atoms with van der Waals surface area (Å²) < 4.78 is 32.0. The number of anilines is 1. The van der Waals surface area contributed by atoms with Crippen molar-refractivity contribution in [1.82, 2.24) is 19.5 Å². The number of fused-ring (bicyclic) bond motifs is 1. The summed E-state index contributed by atoms with van der Waals surface area (Å²) in [4.78, 5) is 22.0. The number of nitrogens with one attached hydrogen (secondary N) is 1. The number of piperazine rings is 1. The maximum atomic E-state index is 12.4. The molecule has 182 valence electrons. The molecule has 0 saturated carbocycles. The van der Waals surface area contributed by atoms with Crippen LogP contribution in [0.3, 0.4) is 0 Å². The smallest absolute Gasteiger partial charge is 0.251 e. The highest BCUT2D eigenvalue weighted by atomic mass is 32.2. The van der Waals surface area contributed by atoms with Crippen molar-refractivity contribution in [2.75, 3.05) is 65.4 Å². The number of carbonyl (C=O) groups is 1. The van der Waals surface area contributed by atoms with E-state index < -0.39 is 10.0 Å². The second-order valence-corrected chi connectivity index (χ2v) is 11.4. The van der Waals surface area contributed by atoms with Crippen LogP contribution in [0.1, 0.15) is 10.4 Å². The van der Waals surface area contributed by atoms with Crippen LogP contribution in [0.2, 0.25) is 0 Å². The van der Waals surface area contributed by atoms with Gasteiger partial charge in [0.25, 0.3) is 5.91 Å². The number of ether oxygens (including phenoxy) is 1. The number of carbonyl (C=O) groups excluding carboxylic acids is 1. The predicted molar refractivity (Wildman–Crippen MR) is 134 cm³/mol. The van der Waals surface area contributed by atoms with Gasteiger partial charge in [-0.3, -0.25) is 9.69 Å². The van der Waals surface area contributed by atoms with E-state index in [-0.39, 0.29) is 10.8 Å². The second-order valence-electron chi connectivity index (χ2n) is 8.20. The van der Waals surface area contributed by atoms with E-state index in [9.17, 15) is 13.2 Å². The van der Waals surface area contributed by atoms with Gasteiger partial charge in [-0.05, 0) is 36.4 Å². The summed E-state index contributed by atoms with van der Waals surface area (Å²) in [7, 11) is 1.11. The van der Waals surface area contributed by atoms with Crippen LogP contribution in [-0.2, 0) is 10.0 Å². The van der Waals surface area contributed by atoms with Gasteiger partial charge < -0.3 is 15.0 Å². The minimum absolute atomic E-state index is 0.165. The summed E-state index contributed by atoms with van der Waals surface area (Å²) in [5.74, 6) is 0.583. The van der Waals surface area contributed by atoms with Crippen molar-refractivity contribution in [1.29, 1.82) is 0 Å². The molecule has 1 N–H and O–H groups in total. The molecule has 11 heteroatoms. The Kier molecular flexibility index (Phi) is 7.36. The van der Waals surface area contributed by atoms with E-state index in [2.05, 4.69) is 21.2 Å². The average molecular weight is 504 g/mol. The molecule has 0 aliphatic carbocycles. The number of hydrogen-bond donors (Lipinski definition) is 1. The number of nitrogens with zero attached hydrogens (tertiary/aromatic N) is 4. The number of thiazole rings is 1. The van der Waals surface area contributed by atoms with Crippen LogP contribution in [0.15, 0.2) is 47.4 Å². The summed E-state index contributed by atoms with van der Waals surface area (Å²) in [6.07, 6.45) is 0.